The van der Waals surface area contributed by atoms with Gasteiger partial charge in [0.05, 0.1) is 12.6 Å². The van der Waals surface area contributed by atoms with Gasteiger partial charge >= 0.3 is 0 Å². The number of rotatable bonds is 3. The first kappa shape index (κ1) is 7.73. The highest BCUT2D eigenvalue weighted by atomic mass is 15.4. The molecule has 1 aromatic rings. The molecule has 0 aromatic carbocycles. The van der Waals surface area contributed by atoms with E-state index in [1.165, 1.54) is 12.8 Å². The zero-order chi connectivity index (χ0) is 8.55. The molecular weight excluding hydrogens is 152 g/mol. The Morgan fingerprint density at radius 1 is 1.75 bits per heavy atom. The lowest BCUT2D eigenvalue weighted by Crippen LogP contribution is -2.15. The smallest absolute Gasteiger partial charge is 0.140 e. The number of aromatic nitrogens is 3. The van der Waals surface area contributed by atoms with Gasteiger partial charge in [0.25, 0.3) is 0 Å². The average molecular weight is 166 g/mol. The summed E-state index contributed by atoms with van der Waals surface area (Å²) in [5.74, 6) is 1.70. The zero-order valence-corrected chi connectivity index (χ0v) is 7.27. The van der Waals surface area contributed by atoms with E-state index in [0.717, 1.165) is 11.7 Å². The first-order valence-corrected chi connectivity index (χ1v) is 4.41. The van der Waals surface area contributed by atoms with Crippen molar-refractivity contribution in [2.75, 3.05) is 0 Å². The third-order valence-electron chi connectivity index (χ3n) is 2.52. The molecule has 1 heterocycles. The Morgan fingerprint density at radius 2 is 2.50 bits per heavy atom. The SMILES string of the molecule is CC(C1CC1)n1ncnc1CN. The van der Waals surface area contributed by atoms with Gasteiger partial charge in [-0.2, -0.15) is 5.10 Å². The van der Waals surface area contributed by atoms with Crippen LogP contribution in [0.25, 0.3) is 0 Å². The van der Waals surface area contributed by atoms with E-state index in [-0.39, 0.29) is 0 Å². The zero-order valence-electron chi connectivity index (χ0n) is 7.27. The largest absolute Gasteiger partial charge is 0.324 e. The molecule has 1 unspecified atom stereocenters. The van der Waals surface area contributed by atoms with Crippen molar-refractivity contribution in [1.82, 2.24) is 14.8 Å². The molecule has 2 N–H and O–H groups in total. The van der Waals surface area contributed by atoms with Gasteiger partial charge in [-0.3, -0.25) is 0 Å². The van der Waals surface area contributed by atoms with E-state index in [1.807, 2.05) is 4.68 Å². The highest BCUT2D eigenvalue weighted by Gasteiger charge is 2.30. The van der Waals surface area contributed by atoms with Crippen molar-refractivity contribution in [1.29, 1.82) is 0 Å². The second-order valence-corrected chi connectivity index (χ2v) is 3.40. The summed E-state index contributed by atoms with van der Waals surface area (Å²) in [5.41, 5.74) is 5.53. The Kier molecular flexibility index (Phi) is 1.84. The predicted molar refractivity (Wildman–Crippen MR) is 45.3 cm³/mol. The van der Waals surface area contributed by atoms with Gasteiger partial charge in [0.15, 0.2) is 0 Å². The van der Waals surface area contributed by atoms with E-state index in [0.29, 0.717) is 12.6 Å². The molecule has 4 nitrogen and oxygen atoms in total. The lowest BCUT2D eigenvalue weighted by Gasteiger charge is -2.12. The minimum Gasteiger partial charge on any atom is -0.324 e. The van der Waals surface area contributed by atoms with E-state index >= 15 is 0 Å². The van der Waals surface area contributed by atoms with Gasteiger partial charge < -0.3 is 5.73 Å². The van der Waals surface area contributed by atoms with Crippen molar-refractivity contribution in [3.05, 3.63) is 12.2 Å². The molecular formula is C8H14N4. The molecule has 1 fully saturated rings. The number of hydrogen-bond donors (Lipinski definition) is 1. The lowest BCUT2D eigenvalue weighted by atomic mass is 10.2. The predicted octanol–water partition coefficient (Wildman–Crippen LogP) is 0.708. The normalized spacial score (nSPS) is 19.5. The molecule has 66 valence electrons. The van der Waals surface area contributed by atoms with Crippen LogP contribution in [0.5, 0.6) is 0 Å². The first-order valence-electron chi connectivity index (χ1n) is 4.41. The summed E-state index contributed by atoms with van der Waals surface area (Å²) in [5, 5.41) is 4.17. The van der Waals surface area contributed by atoms with Crippen molar-refractivity contribution in [3.63, 3.8) is 0 Å². The van der Waals surface area contributed by atoms with E-state index < -0.39 is 0 Å². The van der Waals surface area contributed by atoms with Crippen LogP contribution in [-0.2, 0) is 6.54 Å². The molecule has 0 saturated heterocycles. The molecule has 1 aliphatic carbocycles. The number of hydrogen-bond acceptors (Lipinski definition) is 3. The molecule has 0 aliphatic heterocycles. The van der Waals surface area contributed by atoms with Crippen LogP contribution in [-0.4, -0.2) is 14.8 Å². The van der Waals surface area contributed by atoms with Gasteiger partial charge in [0, 0.05) is 0 Å². The van der Waals surface area contributed by atoms with Crippen LogP contribution in [0.2, 0.25) is 0 Å². The highest BCUT2D eigenvalue weighted by molar-refractivity contribution is 4.90. The van der Waals surface area contributed by atoms with Crippen LogP contribution in [0.4, 0.5) is 0 Å². The minimum absolute atomic E-state index is 0.478. The summed E-state index contributed by atoms with van der Waals surface area (Å²) in [7, 11) is 0. The summed E-state index contributed by atoms with van der Waals surface area (Å²) >= 11 is 0. The first-order chi connectivity index (χ1) is 5.83. The second kappa shape index (κ2) is 2.86. The fraction of sp³-hybridized carbons (Fsp3) is 0.750. The molecule has 12 heavy (non-hydrogen) atoms. The van der Waals surface area contributed by atoms with Gasteiger partial charge in [-0.05, 0) is 25.7 Å². The van der Waals surface area contributed by atoms with Crippen molar-refractivity contribution in [2.45, 2.75) is 32.4 Å². The molecule has 0 radical (unpaired) electrons. The molecule has 1 atom stereocenters. The molecule has 0 bridgehead atoms. The Morgan fingerprint density at radius 3 is 3.08 bits per heavy atom. The van der Waals surface area contributed by atoms with Crippen LogP contribution in [0.3, 0.4) is 0 Å². The molecule has 4 heteroatoms. The van der Waals surface area contributed by atoms with E-state index in [4.69, 9.17) is 5.73 Å². The highest BCUT2D eigenvalue weighted by Crippen LogP contribution is 2.39. The van der Waals surface area contributed by atoms with Crippen molar-refractivity contribution in [3.8, 4) is 0 Å². The maximum atomic E-state index is 5.53. The van der Waals surface area contributed by atoms with E-state index in [2.05, 4.69) is 17.0 Å². The van der Waals surface area contributed by atoms with Gasteiger partial charge in [-0.1, -0.05) is 0 Å². The molecule has 2 rings (SSSR count). The summed E-state index contributed by atoms with van der Waals surface area (Å²) in [6.45, 7) is 2.67. The number of nitrogens with zero attached hydrogens (tertiary/aromatic N) is 3. The average Bonchev–Trinajstić information content (AvgIpc) is 2.82. The fourth-order valence-electron chi connectivity index (χ4n) is 1.54. The third kappa shape index (κ3) is 1.22. The molecule has 1 aromatic heterocycles. The maximum absolute atomic E-state index is 5.53. The van der Waals surface area contributed by atoms with E-state index in [9.17, 15) is 0 Å². The van der Waals surface area contributed by atoms with Gasteiger partial charge in [0.2, 0.25) is 0 Å². The van der Waals surface area contributed by atoms with Crippen LogP contribution in [0, 0.1) is 5.92 Å². The molecule has 1 aliphatic rings. The van der Waals surface area contributed by atoms with Crippen molar-refractivity contribution < 1.29 is 0 Å². The summed E-state index contributed by atoms with van der Waals surface area (Å²) < 4.78 is 1.96. The quantitative estimate of drug-likeness (QED) is 0.719. The number of nitrogens with two attached hydrogens (primary N) is 1. The summed E-state index contributed by atoms with van der Waals surface area (Å²) in [6, 6.07) is 0.478. The summed E-state index contributed by atoms with van der Waals surface area (Å²) in [6.07, 6.45) is 4.23. The van der Waals surface area contributed by atoms with Crippen LogP contribution in [0.1, 0.15) is 31.6 Å². The summed E-state index contributed by atoms with van der Waals surface area (Å²) in [4.78, 5) is 4.09. The molecule has 0 spiro atoms. The Bertz CT molecular complexity index is 264. The van der Waals surface area contributed by atoms with Crippen molar-refractivity contribution in [2.24, 2.45) is 11.7 Å². The third-order valence-corrected chi connectivity index (χ3v) is 2.52. The minimum atomic E-state index is 0.478. The van der Waals surface area contributed by atoms with E-state index in [1.54, 1.807) is 6.33 Å². The monoisotopic (exact) mass is 166 g/mol. The maximum Gasteiger partial charge on any atom is 0.140 e. The topological polar surface area (TPSA) is 56.7 Å². The van der Waals surface area contributed by atoms with Gasteiger partial charge in [-0.25, -0.2) is 9.67 Å². The Hall–Kier alpha value is -0.900. The molecule has 1 saturated carbocycles. The van der Waals surface area contributed by atoms with Crippen LogP contribution < -0.4 is 5.73 Å². The van der Waals surface area contributed by atoms with Crippen LogP contribution >= 0.6 is 0 Å². The van der Waals surface area contributed by atoms with Gasteiger partial charge in [0.1, 0.15) is 12.2 Å². The van der Waals surface area contributed by atoms with Crippen LogP contribution in [0.15, 0.2) is 6.33 Å². The lowest BCUT2D eigenvalue weighted by molar-refractivity contribution is 0.423. The van der Waals surface area contributed by atoms with Crippen molar-refractivity contribution >= 4 is 0 Å². The standard InChI is InChI=1S/C8H14N4/c1-6(7-2-3-7)12-8(4-9)10-5-11-12/h5-7H,2-4,9H2,1H3. The fourth-order valence-corrected chi connectivity index (χ4v) is 1.54. The Labute approximate surface area is 71.8 Å². The molecule has 0 amide bonds. The Balaban J connectivity index is 2.19. The second-order valence-electron chi connectivity index (χ2n) is 3.40. The van der Waals surface area contributed by atoms with Gasteiger partial charge in [-0.15, -0.1) is 0 Å².